The van der Waals surface area contributed by atoms with E-state index in [1.54, 1.807) is 119 Å². The summed E-state index contributed by atoms with van der Waals surface area (Å²) in [6.07, 6.45) is -9.94. The standard InChI is InChI=1S/C55H67NO15Si/c1-11-72(12-2,13-3)71-39-29-40-54(31-65-40,70-34(6)58)45-47(69-49(61)37-27-21-16-22-28-37)55(63)30-38(32(4)41(52(55,7)8)43(66-33(5)57)46(59)53(39,45)9)67-50(62)44-42(35-23-17-14-18-24-35)56(51(64-10)68-44)48(60)36-25-19-15-20-26-36/h14-28,38-40,42-45,47,51,63H,11-13,29-31H2,1-10H3/t38-,39-,40?,42-,43+,44+,45-,47-,51?,53+,54-,55+/m0/s1. The van der Waals surface area contributed by atoms with E-state index >= 15 is 9.59 Å². The topological polar surface area (TPSA) is 200 Å². The smallest absolute Gasteiger partial charge is 0.338 e. The second-order valence-electron chi connectivity index (χ2n) is 20.5. The highest BCUT2D eigenvalue weighted by Crippen LogP contribution is 2.65. The first-order chi connectivity index (χ1) is 34.2. The zero-order chi connectivity index (χ0) is 52.1. The fourth-order valence-corrected chi connectivity index (χ4v) is 15.5. The van der Waals surface area contributed by atoms with Gasteiger partial charge in [-0.15, -0.1) is 0 Å². The summed E-state index contributed by atoms with van der Waals surface area (Å²) in [6, 6.07) is 26.4. The third-order valence-electron chi connectivity index (χ3n) is 16.6. The molecule has 1 amide bonds. The molecule has 0 aromatic heterocycles. The highest BCUT2D eigenvalue weighted by Gasteiger charge is 2.79. The molecule has 2 saturated heterocycles. The average molecular weight is 1010 g/mol. The number of ketones is 1. The lowest BCUT2D eigenvalue weighted by Gasteiger charge is -2.68. The molecule has 0 radical (unpaired) electrons. The average Bonchev–Trinajstić information content (AvgIpc) is 3.76. The minimum Gasteiger partial charge on any atom is -0.456 e. The number of fused-ring (bicyclic) bond motifs is 5. The van der Waals surface area contributed by atoms with Crippen molar-refractivity contribution in [2.24, 2.45) is 16.7 Å². The van der Waals surface area contributed by atoms with E-state index in [0.29, 0.717) is 29.3 Å². The first-order valence-electron chi connectivity index (χ1n) is 24.9. The molecule has 12 atom stereocenters. The van der Waals surface area contributed by atoms with Crippen LogP contribution in [0.2, 0.25) is 18.1 Å². The summed E-state index contributed by atoms with van der Waals surface area (Å²) in [6.45, 7) is 15.0. The molecule has 72 heavy (non-hydrogen) atoms. The van der Waals surface area contributed by atoms with Crippen molar-refractivity contribution in [2.45, 2.75) is 154 Å². The van der Waals surface area contributed by atoms with Crippen molar-refractivity contribution in [2.75, 3.05) is 13.7 Å². The van der Waals surface area contributed by atoms with Gasteiger partial charge >= 0.3 is 23.9 Å². The van der Waals surface area contributed by atoms with Crippen LogP contribution in [-0.4, -0.2) is 122 Å². The number of rotatable bonds is 14. The summed E-state index contributed by atoms with van der Waals surface area (Å²) >= 11 is 0. The molecule has 386 valence electrons. The molecule has 17 heteroatoms. The molecule has 3 aromatic carbocycles. The van der Waals surface area contributed by atoms with E-state index < -0.39 is 127 Å². The van der Waals surface area contributed by atoms with Crippen LogP contribution in [0.5, 0.6) is 0 Å². The van der Waals surface area contributed by atoms with Crippen LogP contribution in [-0.2, 0) is 56.8 Å². The minimum atomic E-state index is -2.64. The summed E-state index contributed by atoms with van der Waals surface area (Å²) in [4.78, 5) is 89.1. The summed E-state index contributed by atoms with van der Waals surface area (Å²) < 4.78 is 51.5. The fourth-order valence-electron chi connectivity index (χ4n) is 12.5. The van der Waals surface area contributed by atoms with Crippen molar-refractivity contribution in [1.82, 2.24) is 4.90 Å². The third-order valence-corrected chi connectivity index (χ3v) is 21.3. The van der Waals surface area contributed by atoms with Gasteiger partial charge in [0.15, 0.2) is 31.9 Å². The number of Topliss-reactive ketones (excluding diaryl/α,β-unsaturated/α-hetero) is 1. The summed E-state index contributed by atoms with van der Waals surface area (Å²) in [5.41, 5.74) is -6.09. The molecule has 4 fully saturated rings. The normalized spacial score (nSPS) is 32.7. The van der Waals surface area contributed by atoms with E-state index in [0.717, 1.165) is 0 Å². The van der Waals surface area contributed by atoms with Crippen LogP contribution in [0.15, 0.2) is 102 Å². The number of amides is 1. The molecule has 2 bridgehead atoms. The molecular weight excluding hydrogens is 943 g/mol. The number of benzene rings is 3. The molecule has 2 aliphatic heterocycles. The molecular formula is C55H67NO15Si. The van der Waals surface area contributed by atoms with Gasteiger partial charge in [0, 0.05) is 44.8 Å². The number of esters is 4. The van der Waals surface area contributed by atoms with Crippen molar-refractivity contribution in [3.05, 3.63) is 119 Å². The molecule has 3 aliphatic carbocycles. The summed E-state index contributed by atoms with van der Waals surface area (Å²) in [7, 11) is -1.29. The largest absolute Gasteiger partial charge is 0.456 e. The van der Waals surface area contributed by atoms with Gasteiger partial charge in [-0.2, -0.15) is 0 Å². The van der Waals surface area contributed by atoms with Crippen molar-refractivity contribution < 1.29 is 71.5 Å². The van der Waals surface area contributed by atoms with Gasteiger partial charge in [-0.25, -0.2) is 9.59 Å². The first-order valence-corrected chi connectivity index (χ1v) is 27.4. The van der Waals surface area contributed by atoms with E-state index in [1.165, 1.54) is 25.9 Å². The van der Waals surface area contributed by atoms with Crippen molar-refractivity contribution in [1.29, 1.82) is 0 Å². The SMILES string of the molecule is CC[Si](CC)(CC)O[C@H]1CC2OC[C@@]2(OC(C)=O)[C@H]2[C@H](OC(=O)c3ccccc3)[C@]3(O)C[C@H](OC(=O)[C@@H]4OC(OC)N(C(=O)c5ccccc5)[C@H]4c4ccccc4)C(C)=C([C@@H](OC(C)=O)C(=O)[C@]12C)C3(C)C. The van der Waals surface area contributed by atoms with Gasteiger partial charge in [-0.05, 0) is 73.0 Å². The van der Waals surface area contributed by atoms with Gasteiger partial charge in [-0.1, -0.05) is 101 Å². The predicted octanol–water partition coefficient (Wildman–Crippen LogP) is 7.45. The Hall–Kier alpha value is -5.56. The summed E-state index contributed by atoms with van der Waals surface area (Å²) in [5.74, 6) is -5.87. The molecule has 1 N–H and O–H groups in total. The quantitative estimate of drug-likeness (QED) is 0.0722. The second-order valence-corrected chi connectivity index (χ2v) is 25.3. The third kappa shape index (κ3) is 8.62. The molecule has 8 rings (SSSR count). The summed E-state index contributed by atoms with van der Waals surface area (Å²) in [5, 5.41) is 14.3. The van der Waals surface area contributed by atoms with Crippen LogP contribution < -0.4 is 0 Å². The van der Waals surface area contributed by atoms with Crippen LogP contribution in [0, 0.1) is 16.7 Å². The lowest BCUT2D eigenvalue weighted by Crippen LogP contribution is -2.82. The second kappa shape index (κ2) is 20.0. The van der Waals surface area contributed by atoms with Gasteiger partial charge in [0.05, 0.1) is 35.6 Å². The number of methoxy groups -OCH3 is 1. The molecule has 0 spiro atoms. The lowest BCUT2D eigenvalue weighted by atomic mass is 9.44. The van der Waals surface area contributed by atoms with E-state index in [4.69, 9.17) is 37.6 Å². The Kier molecular flexibility index (Phi) is 14.7. The highest BCUT2D eigenvalue weighted by molar-refractivity contribution is 6.73. The van der Waals surface area contributed by atoms with E-state index in [-0.39, 0.29) is 29.7 Å². The molecule has 3 aromatic rings. The van der Waals surface area contributed by atoms with Crippen LogP contribution in [0.3, 0.4) is 0 Å². The number of hydrogen-bond acceptors (Lipinski definition) is 15. The van der Waals surface area contributed by atoms with Gasteiger partial charge < -0.3 is 42.7 Å². The zero-order valence-electron chi connectivity index (χ0n) is 42.7. The zero-order valence-corrected chi connectivity index (χ0v) is 43.7. The van der Waals surface area contributed by atoms with Crippen molar-refractivity contribution in [3.8, 4) is 0 Å². The number of carbonyl (C=O) groups excluding carboxylic acids is 6. The maximum atomic E-state index is 16.5. The van der Waals surface area contributed by atoms with E-state index in [9.17, 15) is 24.3 Å². The maximum Gasteiger partial charge on any atom is 0.338 e. The molecule has 16 nitrogen and oxygen atoms in total. The Bertz CT molecular complexity index is 2580. The molecule has 2 saturated carbocycles. The Labute approximate surface area is 421 Å². The van der Waals surface area contributed by atoms with Crippen LogP contribution in [0.25, 0.3) is 0 Å². The number of ether oxygens (including phenoxy) is 7. The van der Waals surface area contributed by atoms with E-state index in [2.05, 4.69) is 20.8 Å². The highest BCUT2D eigenvalue weighted by atomic mass is 28.4. The minimum absolute atomic E-state index is 0.0865. The first kappa shape index (κ1) is 52.8. The van der Waals surface area contributed by atoms with Crippen molar-refractivity contribution in [3.63, 3.8) is 0 Å². The fraction of sp³-hybridized carbons (Fsp3) is 0.527. The Morgan fingerprint density at radius 3 is 1.92 bits per heavy atom. The number of nitrogens with zero attached hydrogens (tertiary/aromatic N) is 1. The van der Waals surface area contributed by atoms with Crippen LogP contribution in [0.4, 0.5) is 0 Å². The van der Waals surface area contributed by atoms with Gasteiger partial charge in [0.2, 0.25) is 6.41 Å². The maximum absolute atomic E-state index is 16.5. The van der Waals surface area contributed by atoms with Crippen molar-refractivity contribution >= 4 is 43.9 Å². The Balaban J connectivity index is 1.34. The van der Waals surface area contributed by atoms with Gasteiger partial charge in [0.25, 0.3) is 5.91 Å². The lowest BCUT2D eigenvalue weighted by molar-refractivity contribution is -0.344. The van der Waals surface area contributed by atoms with E-state index in [1.807, 2.05) is 0 Å². The Morgan fingerprint density at radius 2 is 1.39 bits per heavy atom. The van der Waals surface area contributed by atoms with Gasteiger partial charge in [-0.3, -0.25) is 24.1 Å². The van der Waals surface area contributed by atoms with Crippen LogP contribution in [0.1, 0.15) is 107 Å². The molecule has 2 unspecified atom stereocenters. The molecule has 2 heterocycles. The van der Waals surface area contributed by atoms with Crippen LogP contribution >= 0.6 is 0 Å². The number of aliphatic hydroxyl groups is 1. The monoisotopic (exact) mass is 1010 g/mol. The van der Waals surface area contributed by atoms with Gasteiger partial charge in [0.1, 0.15) is 23.9 Å². The Morgan fingerprint density at radius 1 is 0.806 bits per heavy atom. The number of hydrogen-bond donors (Lipinski definition) is 1. The molecule has 5 aliphatic rings. The predicted molar refractivity (Wildman–Crippen MR) is 262 cm³/mol. The number of carbonyl (C=O) groups is 6.